The van der Waals surface area contributed by atoms with Crippen LogP contribution < -0.4 is 0 Å². The van der Waals surface area contributed by atoms with Crippen LogP contribution >= 0.6 is 0 Å². The summed E-state index contributed by atoms with van der Waals surface area (Å²) in [6, 6.07) is 19.5. The standard InChI is InChI=1S/C20H14O/c1-12-6-8-15-14(10-12)11-13-7-9-17-16-4-2-3-5-18(16)21-20(17)19(13)15/h2-10H,11H2,1H3. The van der Waals surface area contributed by atoms with E-state index in [0.717, 1.165) is 17.6 Å². The van der Waals surface area contributed by atoms with Crippen molar-refractivity contribution in [2.75, 3.05) is 0 Å². The molecule has 1 nitrogen and oxygen atoms in total. The first kappa shape index (κ1) is 11.2. The second-order valence-corrected chi connectivity index (χ2v) is 5.91. The highest BCUT2D eigenvalue weighted by Crippen LogP contribution is 2.44. The van der Waals surface area contributed by atoms with E-state index in [1.165, 1.54) is 38.6 Å². The predicted octanol–water partition coefficient (Wildman–Crippen LogP) is 5.47. The Morgan fingerprint density at radius 2 is 1.76 bits per heavy atom. The van der Waals surface area contributed by atoms with E-state index in [1.54, 1.807) is 0 Å². The highest BCUT2D eigenvalue weighted by atomic mass is 16.3. The fourth-order valence-corrected chi connectivity index (χ4v) is 3.59. The molecule has 0 fully saturated rings. The number of aryl methyl sites for hydroxylation is 1. The summed E-state index contributed by atoms with van der Waals surface area (Å²) in [4.78, 5) is 0. The van der Waals surface area contributed by atoms with Crippen molar-refractivity contribution < 1.29 is 4.42 Å². The van der Waals surface area contributed by atoms with Crippen molar-refractivity contribution in [1.29, 1.82) is 0 Å². The van der Waals surface area contributed by atoms with Crippen LogP contribution in [0.4, 0.5) is 0 Å². The first-order valence-electron chi connectivity index (χ1n) is 7.34. The lowest BCUT2D eigenvalue weighted by atomic mass is 10.0. The zero-order valence-corrected chi connectivity index (χ0v) is 11.8. The van der Waals surface area contributed by atoms with E-state index in [1.807, 2.05) is 12.1 Å². The fraction of sp³-hybridized carbons (Fsp3) is 0.100. The summed E-state index contributed by atoms with van der Waals surface area (Å²) in [6.45, 7) is 2.15. The number of hydrogen-bond donors (Lipinski definition) is 0. The van der Waals surface area contributed by atoms with Crippen LogP contribution in [-0.4, -0.2) is 0 Å². The molecular formula is C20H14O. The molecule has 1 heteroatoms. The molecule has 1 aliphatic carbocycles. The van der Waals surface area contributed by atoms with Crippen LogP contribution in [0.15, 0.2) is 59.0 Å². The monoisotopic (exact) mass is 270 g/mol. The van der Waals surface area contributed by atoms with Crippen molar-refractivity contribution in [3.63, 3.8) is 0 Å². The van der Waals surface area contributed by atoms with Gasteiger partial charge in [-0.2, -0.15) is 0 Å². The molecule has 1 heterocycles. The summed E-state index contributed by atoms with van der Waals surface area (Å²) < 4.78 is 6.18. The number of furan rings is 1. The van der Waals surface area contributed by atoms with Crippen LogP contribution in [0.25, 0.3) is 33.1 Å². The largest absolute Gasteiger partial charge is 0.455 e. The average molecular weight is 270 g/mol. The Kier molecular flexibility index (Phi) is 2.00. The van der Waals surface area contributed by atoms with Gasteiger partial charge in [-0.05, 0) is 36.1 Å². The molecule has 5 rings (SSSR count). The summed E-state index contributed by atoms with van der Waals surface area (Å²) in [6.07, 6.45) is 1.01. The topological polar surface area (TPSA) is 13.1 Å². The predicted molar refractivity (Wildman–Crippen MR) is 86.7 cm³/mol. The molecule has 0 unspecified atom stereocenters. The summed E-state index contributed by atoms with van der Waals surface area (Å²) in [5, 5.41) is 2.42. The molecule has 0 atom stereocenters. The molecular weight excluding hydrogens is 256 g/mol. The highest BCUT2D eigenvalue weighted by molar-refractivity contribution is 6.11. The van der Waals surface area contributed by atoms with Gasteiger partial charge >= 0.3 is 0 Å². The molecule has 1 aliphatic rings. The molecule has 100 valence electrons. The van der Waals surface area contributed by atoms with Gasteiger partial charge in [0.2, 0.25) is 0 Å². The average Bonchev–Trinajstić information content (AvgIpc) is 3.03. The van der Waals surface area contributed by atoms with Crippen LogP contribution in [0, 0.1) is 6.92 Å². The van der Waals surface area contributed by atoms with Crippen molar-refractivity contribution in [2.45, 2.75) is 13.3 Å². The molecule has 0 saturated carbocycles. The number of hydrogen-bond acceptors (Lipinski definition) is 1. The number of rotatable bonds is 0. The number of benzene rings is 3. The first-order valence-corrected chi connectivity index (χ1v) is 7.34. The first-order chi connectivity index (χ1) is 10.3. The number of fused-ring (bicyclic) bond motifs is 7. The van der Waals surface area contributed by atoms with Gasteiger partial charge in [0.15, 0.2) is 0 Å². The molecule has 3 aromatic carbocycles. The molecule has 0 spiro atoms. The van der Waals surface area contributed by atoms with Crippen LogP contribution in [0.3, 0.4) is 0 Å². The van der Waals surface area contributed by atoms with Crippen LogP contribution in [0.2, 0.25) is 0 Å². The molecule has 0 amide bonds. The molecule has 0 radical (unpaired) electrons. The van der Waals surface area contributed by atoms with Crippen molar-refractivity contribution >= 4 is 21.9 Å². The van der Waals surface area contributed by atoms with Crippen LogP contribution in [-0.2, 0) is 6.42 Å². The third-order valence-electron chi connectivity index (χ3n) is 4.54. The lowest BCUT2D eigenvalue weighted by Gasteiger charge is -2.02. The van der Waals surface area contributed by atoms with E-state index in [4.69, 9.17) is 4.42 Å². The summed E-state index contributed by atoms with van der Waals surface area (Å²) in [7, 11) is 0. The Morgan fingerprint density at radius 1 is 0.857 bits per heavy atom. The summed E-state index contributed by atoms with van der Waals surface area (Å²) in [5.74, 6) is 0. The van der Waals surface area contributed by atoms with Crippen molar-refractivity contribution in [3.8, 4) is 11.1 Å². The minimum absolute atomic E-state index is 0.974. The molecule has 0 saturated heterocycles. The van der Waals surface area contributed by atoms with Gasteiger partial charge in [-0.25, -0.2) is 0 Å². The van der Waals surface area contributed by atoms with E-state index >= 15 is 0 Å². The second-order valence-electron chi connectivity index (χ2n) is 5.91. The molecule has 1 aromatic heterocycles. The van der Waals surface area contributed by atoms with Crippen molar-refractivity contribution in [2.24, 2.45) is 0 Å². The maximum atomic E-state index is 6.18. The molecule has 4 aromatic rings. The maximum Gasteiger partial charge on any atom is 0.143 e. The Hall–Kier alpha value is -2.54. The second kappa shape index (κ2) is 3.76. The van der Waals surface area contributed by atoms with Gasteiger partial charge in [-0.1, -0.05) is 54.1 Å². The van der Waals surface area contributed by atoms with E-state index < -0.39 is 0 Å². The van der Waals surface area contributed by atoms with E-state index in [-0.39, 0.29) is 0 Å². The maximum absolute atomic E-state index is 6.18. The SMILES string of the molecule is Cc1ccc2c(c1)Cc1ccc3c(oc4ccccc43)c1-2. The van der Waals surface area contributed by atoms with Gasteiger partial charge in [0.05, 0.1) is 0 Å². The van der Waals surface area contributed by atoms with E-state index in [9.17, 15) is 0 Å². The Labute approximate surface area is 122 Å². The van der Waals surface area contributed by atoms with Gasteiger partial charge in [0.25, 0.3) is 0 Å². The summed E-state index contributed by atoms with van der Waals surface area (Å²) >= 11 is 0. The normalized spacial score (nSPS) is 12.8. The molecule has 0 bridgehead atoms. The smallest absolute Gasteiger partial charge is 0.143 e. The Bertz CT molecular complexity index is 1020. The zero-order chi connectivity index (χ0) is 14.0. The molecule has 21 heavy (non-hydrogen) atoms. The molecule has 0 aliphatic heterocycles. The van der Waals surface area contributed by atoms with Gasteiger partial charge < -0.3 is 4.42 Å². The lowest BCUT2D eigenvalue weighted by molar-refractivity contribution is 0.670. The zero-order valence-electron chi connectivity index (χ0n) is 11.8. The van der Waals surface area contributed by atoms with Gasteiger partial charge in [0, 0.05) is 16.3 Å². The van der Waals surface area contributed by atoms with E-state index in [0.29, 0.717) is 0 Å². The van der Waals surface area contributed by atoms with Gasteiger partial charge in [-0.3, -0.25) is 0 Å². The van der Waals surface area contributed by atoms with Gasteiger partial charge in [-0.15, -0.1) is 0 Å². The van der Waals surface area contributed by atoms with Crippen molar-refractivity contribution in [1.82, 2.24) is 0 Å². The van der Waals surface area contributed by atoms with Crippen LogP contribution in [0.1, 0.15) is 16.7 Å². The minimum Gasteiger partial charge on any atom is -0.455 e. The fourth-order valence-electron chi connectivity index (χ4n) is 3.59. The third kappa shape index (κ3) is 1.41. The van der Waals surface area contributed by atoms with Gasteiger partial charge in [0.1, 0.15) is 11.2 Å². The minimum atomic E-state index is 0.974. The summed E-state index contributed by atoms with van der Waals surface area (Å²) in [5.41, 5.74) is 8.75. The third-order valence-corrected chi connectivity index (χ3v) is 4.54. The highest BCUT2D eigenvalue weighted by Gasteiger charge is 2.23. The molecule has 0 N–H and O–H groups in total. The van der Waals surface area contributed by atoms with Crippen LogP contribution in [0.5, 0.6) is 0 Å². The lowest BCUT2D eigenvalue weighted by Crippen LogP contribution is -1.80. The Balaban J connectivity index is 1.95. The van der Waals surface area contributed by atoms with Crippen molar-refractivity contribution in [3.05, 3.63) is 71.3 Å². The van der Waals surface area contributed by atoms with E-state index in [2.05, 4.69) is 49.4 Å². The number of para-hydroxylation sites is 1. The quantitative estimate of drug-likeness (QED) is 0.364. The Morgan fingerprint density at radius 3 is 2.71 bits per heavy atom.